The summed E-state index contributed by atoms with van der Waals surface area (Å²) >= 11 is 0. The van der Waals surface area contributed by atoms with Gasteiger partial charge >= 0.3 is 0 Å². The standard InChI is InChI=1S/C14H18N4/c1-3-18(14-16-9-8-11(2)17-14)10-12-6-4-5-7-13(12)15/h4-9H,3,10,15H2,1-2H3. The Morgan fingerprint density at radius 3 is 2.67 bits per heavy atom. The van der Waals surface area contributed by atoms with Crippen molar-refractivity contribution in [2.75, 3.05) is 17.2 Å². The van der Waals surface area contributed by atoms with Gasteiger partial charge in [0.15, 0.2) is 0 Å². The molecule has 1 aromatic heterocycles. The molecule has 18 heavy (non-hydrogen) atoms. The molecule has 0 bridgehead atoms. The Bertz CT molecular complexity index is 525. The summed E-state index contributed by atoms with van der Waals surface area (Å²) in [5, 5.41) is 0. The summed E-state index contributed by atoms with van der Waals surface area (Å²) in [6.07, 6.45) is 1.79. The molecule has 0 saturated carbocycles. The predicted molar refractivity (Wildman–Crippen MR) is 74.3 cm³/mol. The van der Waals surface area contributed by atoms with Crippen molar-refractivity contribution < 1.29 is 0 Å². The SMILES string of the molecule is CCN(Cc1ccccc1N)c1nccc(C)n1. The molecule has 0 saturated heterocycles. The lowest BCUT2D eigenvalue weighted by Crippen LogP contribution is -2.24. The average molecular weight is 242 g/mol. The first kappa shape index (κ1) is 12.4. The minimum Gasteiger partial charge on any atom is -0.398 e. The van der Waals surface area contributed by atoms with Crippen molar-refractivity contribution in [3.8, 4) is 0 Å². The monoisotopic (exact) mass is 242 g/mol. The van der Waals surface area contributed by atoms with Gasteiger partial charge in [0.1, 0.15) is 0 Å². The second-order valence-electron chi connectivity index (χ2n) is 4.21. The summed E-state index contributed by atoms with van der Waals surface area (Å²) in [6.45, 7) is 5.63. The van der Waals surface area contributed by atoms with Gasteiger partial charge in [-0.3, -0.25) is 0 Å². The Morgan fingerprint density at radius 1 is 1.22 bits per heavy atom. The second kappa shape index (κ2) is 5.49. The normalized spacial score (nSPS) is 10.3. The van der Waals surface area contributed by atoms with Gasteiger partial charge in [-0.05, 0) is 31.5 Å². The summed E-state index contributed by atoms with van der Waals surface area (Å²) in [7, 11) is 0. The van der Waals surface area contributed by atoms with Crippen LogP contribution >= 0.6 is 0 Å². The van der Waals surface area contributed by atoms with E-state index in [-0.39, 0.29) is 0 Å². The number of nitrogens with zero attached hydrogens (tertiary/aromatic N) is 3. The predicted octanol–water partition coefficient (Wildman–Crippen LogP) is 2.39. The van der Waals surface area contributed by atoms with E-state index in [1.165, 1.54) is 0 Å². The highest BCUT2D eigenvalue weighted by atomic mass is 15.2. The summed E-state index contributed by atoms with van der Waals surface area (Å²) < 4.78 is 0. The van der Waals surface area contributed by atoms with Crippen molar-refractivity contribution in [1.82, 2.24) is 9.97 Å². The third-order valence-corrected chi connectivity index (χ3v) is 2.86. The molecule has 0 aliphatic carbocycles. The lowest BCUT2D eigenvalue weighted by atomic mass is 10.1. The number of nitrogen functional groups attached to an aromatic ring is 1. The lowest BCUT2D eigenvalue weighted by Gasteiger charge is -2.21. The van der Waals surface area contributed by atoms with Crippen LogP contribution in [0.2, 0.25) is 0 Å². The number of benzene rings is 1. The molecule has 0 radical (unpaired) electrons. The van der Waals surface area contributed by atoms with Crippen LogP contribution in [0, 0.1) is 6.92 Å². The van der Waals surface area contributed by atoms with E-state index in [4.69, 9.17) is 5.73 Å². The summed E-state index contributed by atoms with van der Waals surface area (Å²) in [5.74, 6) is 0.751. The van der Waals surface area contributed by atoms with Crippen LogP contribution in [0.3, 0.4) is 0 Å². The van der Waals surface area contributed by atoms with Gasteiger partial charge in [-0.25, -0.2) is 9.97 Å². The van der Waals surface area contributed by atoms with E-state index >= 15 is 0 Å². The number of hydrogen-bond acceptors (Lipinski definition) is 4. The van der Waals surface area contributed by atoms with Crippen molar-refractivity contribution in [3.63, 3.8) is 0 Å². The molecule has 1 heterocycles. The molecule has 2 rings (SSSR count). The molecule has 2 N–H and O–H groups in total. The van der Waals surface area contributed by atoms with Gasteiger partial charge in [0.2, 0.25) is 5.95 Å². The third kappa shape index (κ3) is 2.77. The maximum atomic E-state index is 5.96. The summed E-state index contributed by atoms with van der Waals surface area (Å²) in [4.78, 5) is 10.9. The number of para-hydroxylation sites is 1. The van der Waals surface area contributed by atoms with Gasteiger partial charge in [-0.2, -0.15) is 0 Å². The zero-order chi connectivity index (χ0) is 13.0. The van der Waals surface area contributed by atoms with Crippen LogP contribution in [-0.4, -0.2) is 16.5 Å². The molecular weight excluding hydrogens is 224 g/mol. The van der Waals surface area contributed by atoms with Crippen molar-refractivity contribution in [1.29, 1.82) is 0 Å². The number of anilines is 2. The van der Waals surface area contributed by atoms with Crippen LogP contribution < -0.4 is 10.6 Å². The fraction of sp³-hybridized carbons (Fsp3) is 0.286. The molecule has 94 valence electrons. The molecule has 0 unspecified atom stereocenters. The van der Waals surface area contributed by atoms with E-state index in [1.807, 2.05) is 37.3 Å². The fourth-order valence-corrected chi connectivity index (χ4v) is 1.80. The van der Waals surface area contributed by atoms with Crippen molar-refractivity contribution >= 4 is 11.6 Å². The first-order valence-electron chi connectivity index (χ1n) is 6.08. The lowest BCUT2D eigenvalue weighted by molar-refractivity contribution is 0.789. The van der Waals surface area contributed by atoms with Gasteiger partial charge in [0.25, 0.3) is 0 Å². The van der Waals surface area contributed by atoms with Crippen LogP contribution in [0.25, 0.3) is 0 Å². The zero-order valence-corrected chi connectivity index (χ0v) is 10.8. The number of nitrogens with two attached hydrogens (primary N) is 1. The molecular formula is C14H18N4. The molecule has 4 nitrogen and oxygen atoms in total. The van der Waals surface area contributed by atoms with E-state index in [0.717, 1.165) is 36.0 Å². The fourth-order valence-electron chi connectivity index (χ4n) is 1.80. The number of aromatic nitrogens is 2. The van der Waals surface area contributed by atoms with Gasteiger partial charge in [-0.1, -0.05) is 18.2 Å². The Morgan fingerprint density at radius 2 is 2.00 bits per heavy atom. The smallest absolute Gasteiger partial charge is 0.225 e. The second-order valence-corrected chi connectivity index (χ2v) is 4.21. The Kier molecular flexibility index (Phi) is 3.77. The largest absolute Gasteiger partial charge is 0.398 e. The van der Waals surface area contributed by atoms with Crippen molar-refractivity contribution in [2.45, 2.75) is 20.4 Å². The van der Waals surface area contributed by atoms with Crippen LogP contribution in [0.4, 0.5) is 11.6 Å². The number of aryl methyl sites for hydroxylation is 1. The highest BCUT2D eigenvalue weighted by molar-refractivity contribution is 5.48. The highest BCUT2D eigenvalue weighted by Crippen LogP contribution is 2.16. The van der Waals surface area contributed by atoms with E-state index in [2.05, 4.69) is 21.8 Å². The number of hydrogen-bond donors (Lipinski definition) is 1. The van der Waals surface area contributed by atoms with Crippen LogP contribution in [0.1, 0.15) is 18.2 Å². The molecule has 0 amide bonds. The van der Waals surface area contributed by atoms with Gasteiger partial charge < -0.3 is 10.6 Å². The number of rotatable bonds is 4. The third-order valence-electron chi connectivity index (χ3n) is 2.86. The first-order chi connectivity index (χ1) is 8.70. The molecule has 0 aliphatic heterocycles. The summed E-state index contributed by atoms with van der Waals surface area (Å²) in [5.41, 5.74) is 8.85. The summed E-state index contributed by atoms with van der Waals surface area (Å²) in [6, 6.07) is 9.79. The van der Waals surface area contributed by atoms with Crippen molar-refractivity contribution in [3.05, 3.63) is 47.8 Å². The zero-order valence-electron chi connectivity index (χ0n) is 10.8. The Labute approximate surface area is 107 Å². The maximum absolute atomic E-state index is 5.96. The van der Waals surface area contributed by atoms with Crippen molar-refractivity contribution in [2.24, 2.45) is 0 Å². The van der Waals surface area contributed by atoms with Crippen LogP contribution in [0.5, 0.6) is 0 Å². The van der Waals surface area contributed by atoms with E-state index in [1.54, 1.807) is 6.20 Å². The minimum absolute atomic E-state index is 0.729. The molecule has 0 atom stereocenters. The van der Waals surface area contributed by atoms with Gasteiger partial charge in [0.05, 0.1) is 0 Å². The molecule has 0 fully saturated rings. The Hall–Kier alpha value is -2.10. The average Bonchev–Trinajstić information content (AvgIpc) is 2.38. The molecule has 0 spiro atoms. The van der Waals surface area contributed by atoms with Crippen LogP contribution in [0.15, 0.2) is 36.5 Å². The topological polar surface area (TPSA) is 55.0 Å². The van der Waals surface area contributed by atoms with E-state index < -0.39 is 0 Å². The quantitative estimate of drug-likeness (QED) is 0.836. The van der Waals surface area contributed by atoms with E-state index in [9.17, 15) is 0 Å². The van der Waals surface area contributed by atoms with Gasteiger partial charge in [-0.15, -0.1) is 0 Å². The molecule has 2 aromatic rings. The minimum atomic E-state index is 0.729. The first-order valence-corrected chi connectivity index (χ1v) is 6.08. The van der Waals surface area contributed by atoms with E-state index in [0.29, 0.717) is 0 Å². The van der Waals surface area contributed by atoms with Crippen LogP contribution in [-0.2, 0) is 6.54 Å². The molecule has 0 aliphatic rings. The molecule has 4 heteroatoms. The maximum Gasteiger partial charge on any atom is 0.225 e. The molecule has 1 aromatic carbocycles. The van der Waals surface area contributed by atoms with Gasteiger partial charge in [0, 0.05) is 30.7 Å². The Balaban J connectivity index is 2.23. The highest BCUT2D eigenvalue weighted by Gasteiger charge is 2.09.